The van der Waals surface area contributed by atoms with Crippen LogP contribution >= 0.6 is 0 Å². The van der Waals surface area contributed by atoms with Crippen molar-refractivity contribution >= 4 is 35.7 Å². The standard InChI is InChI=1S/C15H25F2NO8S3/c1-27(20,21)14(13(19)26-12-8-4-2-5-9-12)28(22,23)15(16,17)29(24,25)18-10-6-3-7-11-18/h12,14H,2-11H2,1H3. The van der Waals surface area contributed by atoms with Crippen LogP contribution in [0.2, 0.25) is 0 Å². The van der Waals surface area contributed by atoms with E-state index in [0.717, 1.165) is 6.42 Å². The largest absolute Gasteiger partial charge is 0.461 e. The van der Waals surface area contributed by atoms with E-state index in [1.165, 1.54) is 0 Å². The van der Waals surface area contributed by atoms with E-state index in [1.807, 2.05) is 0 Å². The van der Waals surface area contributed by atoms with E-state index in [0.29, 0.717) is 36.4 Å². The van der Waals surface area contributed by atoms with Crippen molar-refractivity contribution < 1.29 is 43.6 Å². The van der Waals surface area contributed by atoms with Gasteiger partial charge < -0.3 is 4.74 Å². The maximum absolute atomic E-state index is 14.8. The van der Waals surface area contributed by atoms with Gasteiger partial charge in [-0.1, -0.05) is 12.8 Å². The van der Waals surface area contributed by atoms with Gasteiger partial charge in [-0.25, -0.2) is 30.0 Å². The number of sulfonamides is 1. The number of halogens is 2. The van der Waals surface area contributed by atoms with Crippen LogP contribution in [0.25, 0.3) is 0 Å². The van der Waals surface area contributed by atoms with Crippen LogP contribution in [-0.4, -0.2) is 70.1 Å². The lowest BCUT2D eigenvalue weighted by atomic mass is 9.98. The Bertz CT molecular complexity index is 919. The van der Waals surface area contributed by atoms with E-state index in [4.69, 9.17) is 4.74 Å². The first kappa shape index (κ1) is 24.4. The highest BCUT2D eigenvalue weighted by Crippen LogP contribution is 2.37. The third-order valence-electron chi connectivity index (χ3n) is 4.98. The number of hydrogen-bond acceptors (Lipinski definition) is 8. The Kier molecular flexibility index (Phi) is 7.33. The molecule has 1 unspecified atom stereocenters. The minimum Gasteiger partial charge on any atom is -0.461 e. The maximum atomic E-state index is 14.8. The van der Waals surface area contributed by atoms with Gasteiger partial charge in [0.25, 0.3) is 24.4 Å². The fourth-order valence-electron chi connectivity index (χ4n) is 3.46. The van der Waals surface area contributed by atoms with Crippen molar-refractivity contribution in [1.29, 1.82) is 0 Å². The van der Waals surface area contributed by atoms with Gasteiger partial charge in [0.15, 0.2) is 9.84 Å². The average molecular weight is 482 g/mol. The lowest BCUT2D eigenvalue weighted by molar-refractivity contribution is -0.148. The second-order valence-electron chi connectivity index (χ2n) is 7.33. The second-order valence-corrected chi connectivity index (χ2v) is 14.1. The Morgan fingerprint density at radius 1 is 0.931 bits per heavy atom. The summed E-state index contributed by atoms with van der Waals surface area (Å²) in [6, 6.07) is 0. The molecule has 1 saturated heterocycles. The predicted octanol–water partition coefficient (Wildman–Crippen LogP) is 1.01. The topological polar surface area (TPSA) is 132 Å². The highest BCUT2D eigenvalue weighted by Gasteiger charge is 2.66. The van der Waals surface area contributed by atoms with E-state index in [9.17, 15) is 38.8 Å². The number of ether oxygens (including phenoxy) is 1. The van der Waals surface area contributed by atoms with Crippen molar-refractivity contribution in [1.82, 2.24) is 4.31 Å². The molecule has 1 atom stereocenters. The van der Waals surface area contributed by atoms with E-state index in [1.54, 1.807) is 0 Å². The van der Waals surface area contributed by atoms with Crippen LogP contribution in [0.4, 0.5) is 8.78 Å². The molecule has 1 aliphatic carbocycles. The summed E-state index contributed by atoms with van der Waals surface area (Å²) in [6.07, 6.45) is 3.39. The molecule has 0 radical (unpaired) electrons. The van der Waals surface area contributed by atoms with Gasteiger partial charge in [-0.2, -0.15) is 13.1 Å². The first-order chi connectivity index (χ1) is 13.2. The Hall–Kier alpha value is -0.860. The molecule has 1 saturated carbocycles. The number of piperidine rings is 1. The summed E-state index contributed by atoms with van der Waals surface area (Å²) in [7, 11) is -17.1. The highest BCUT2D eigenvalue weighted by atomic mass is 32.3. The minimum atomic E-state index is -6.34. The molecule has 29 heavy (non-hydrogen) atoms. The fraction of sp³-hybridized carbons (Fsp3) is 0.933. The molecule has 0 aromatic heterocycles. The number of rotatable bonds is 7. The molecule has 0 spiro atoms. The molecule has 0 N–H and O–H groups in total. The van der Waals surface area contributed by atoms with Gasteiger partial charge in [0.1, 0.15) is 6.10 Å². The summed E-state index contributed by atoms with van der Waals surface area (Å²) in [6.45, 7) is -0.632. The third-order valence-corrected chi connectivity index (χ3v) is 12.2. The molecule has 170 valence electrons. The molecule has 0 amide bonds. The first-order valence-corrected chi connectivity index (χ1v) is 14.2. The Labute approximate surface area is 169 Å². The predicted molar refractivity (Wildman–Crippen MR) is 99.8 cm³/mol. The van der Waals surface area contributed by atoms with Crippen molar-refractivity contribution in [2.24, 2.45) is 0 Å². The molecule has 9 nitrogen and oxygen atoms in total. The van der Waals surface area contributed by atoms with Gasteiger partial charge in [0.05, 0.1) is 0 Å². The van der Waals surface area contributed by atoms with Crippen molar-refractivity contribution in [3.05, 3.63) is 0 Å². The zero-order valence-corrected chi connectivity index (χ0v) is 18.4. The third kappa shape index (κ3) is 4.90. The molecule has 0 aromatic carbocycles. The Balaban J connectivity index is 2.41. The zero-order valence-electron chi connectivity index (χ0n) is 15.9. The van der Waals surface area contributed by atoms with Crippen molar-refractivity contribution in [3.8, 4) is 0 Å². The quantitative estimate of drug-likeness (QED) is 0.492. The van der Waals surface area contributed by atoms with Crippen molar-refractivity contribution in [2.45, 2.75) is 66.6 Å². The van der Waals surface area contributed by atoms with Crippen LogP contribution in [0.3, 0.4) is 0 Å². The summed E-state index contributed by atoms with van der Waals surface area (Å²) in [4.78, 5) is 12.3. The van der Waals surface area contributed by atoms with E-state index in [2.05, 4.69) is 0 Å². The summed E-state index contributed by atoms with van der Waals surface area (Å²) in [5.41, 5.74) is 0. The molecule has 0 bridgehead atoms. The van der Waals surface area contributed by atoms with Crippen LogP contribution in [0.1, 0.15) is 51.4 Å². The van der Waals surface area contributed by atoms with Crippen LogP contribution in [-0.2, 0) is 39.2 Å². The summed E-state index contributed by atoms with van der Waals surface area (Å²) >= 11 is 0. The monoisotopic (exact) mass is 481 g/mol. The SMILES string of the molecule is CS(=O)(=O)C(C(=O)OC1CCCCC1)S(=O)(=O)C(F)(F)S(=O)(=O)N1CCCCC1. The van der Waals surface area contributed by atoms with Crippen LogP contribution in [0.15, 0.2) is 0 Å². The highest BCUT2D eigenvalue weighted by molar-refractivity contribution is 8.16. The van der Waals surface area contributed by atoms with Gasteiger partial charge in [-0.3, -0.25) is 0 Å². The average Bonchev–Trinajstić information content (AvgIpc) is 2.61. The van der Waals surface area contributed by atoms with Gasteiger partial charge in [-0.15, -0.1) is 0 Å². The van der Waals surface area contributed by atoms with E-state index in [-0.39, 0.29) is 32.2 Å². The Morgan fingerprint density at radius 2 is 1.41 bits per heavy atom. The molecular weight excluding hydrogens is 456 g/mol. The summed E-state index contributed by atoms with van der Waals surface area (Å²) < 4.78 is 99.7. The fourth-order valence-corrected chi connectivity index (χ4v) is 9.63. The molecule has 14 heteroatoms. The zero-order chi connectivity index (χ0) is 22.1. The molecule has 2 aliphatic rings. The molecule has 1 heterocycles. The van der Waals surface area contributed by atoms with Gasteiger partial charge >= 0.3 is 10.6 Å². The summed E-state index contributed by atoms with van der Waals surface area (Å²) in [5, 5.41) is 0. The molecule has 2 rings (SSSR count). The van der Waals surface area contributed by atoms with Gasteiger partial charge in [-0.05, 0) is 38.5 Å². The lowest BCUT2D eigenvalue weighted by Crippen LogP contribution is -2.55. The van der Waals surface area contributed by atoms with Crippen LogP contribution in [0.5, 0.6) is 0 Å². The number of sulfone groups is 2. The molecule has 0 aromatic rings. The van der Waals surface area contributed by atoms with Gasteiger partial charge in [0.2, 0.25) is 0 Å². The smallest absolute Gasteiger partial charge is 0.460 e. The normalized spacial score (nSPS) is 22.2. The number of alkyl halides is 2. The van der Waals surface area contributed by atoms with Crippen LogP contribution < -0.4 is 0 Å². The molecule has 2 fully saturated rings. The number of hydrogen-bond donors (Lipinski definition) is 0. The number of nitrogens with zero attached hydrogens (tertiary/aromatic N) is 1. The Morgan fingerprint density at radius 3 is 1.90 bits per heavy atom. The second kappa shape index (κ2) is 8.71. The van der Waals surface area contributed by atoms with E-state index < -0.39 is 50.9 Å². The van der Waals surface area contributed by atoms with Crippen molar-refractivity contribution in [3.63, 3.8) is 0 Å². The number of carbonyl (C=O) groups excluding carboxylic acids is 1. The number of carbonyl (C=O) groups is 1. The number of esters is 1. The summed E-state index contributed by atoms with van der Waals surface area (Å²) in [5.74, 6) is -1.90. The van der Waals surface area contributed by atoms with E-state index >= 15 is 0 Å². The van der Waals surface area contributed by atoms with Crippen LogP contribution in [0, 0.1) is 0 Å². The first-order valence-electron chi connectivity index (χ1n) is 9.23. The maximum Gasteiger partial charge on any atom is 0.460 e. The lowest BCUT2D eigenvalue weighted by Gasteiger charge is -2.31. The minimum absolute atomic E-state index is 0.259. The van der Waals surface area contributed by atoms with Gasteiger partial charge in [0, 0.05) is 19.3 Å². The molecule has 1 aliphatic heterocycles. The molecular formula is C15H25F2NO8S3. The van der Waals surface area contributed by atoms with Crippen molar-refractivity contribution in [2.75, 3.05) is 19.3 Å².